The zero-order valence-corrected chi connectivity index (χ0v) is 17.2. The fourth-order valence-corrected chi connectivity index (χ4v) is 4.07. The van der Waals surface area contributed by atoms with E-state index in [1.165, 1.54) is 12.4 Å². The lowest BCUT2D eigenvalue weighted by molar-refractivity contribution is -0.192. The van der Waals surface area contributed by atoms with Crippen LogP contribution in [0.1, 0.15) is 35.4 Å². The van der Waals surface area contributed by atoms with Gasteiger partial charge in [0.1, 0.15) is 5.76 Å². The van der Waals surface area contributed by atoms with Crippen LogP contribution in [0.4, 0.5) is 23.5 Å². The van der Waals surface area contributed by atoms with Gasteiger partial charge in [-0.2, -0.15) is 13.2 Å². The monoisotopic (exact) mass is 458 g/mol. The molecule has 2 aliphatic rings. The Bertz CT molecular complexity index is 963. The van der Waals surface area contributed by atoms with Gasteiger partial charge in [0.2, 0.25) is 5.95 Å². The van der Waals surface area contributed by atoms with E-state index in [4.69, 9.17) is 14.3 Å². The van der Waals surface area contributed by atoms with Gasteiger partial charge in [-0.15, -0.1) is 0 Å². The molecule has 174 valence electrons. The molecule has 0 aromatic carbocycles. The van der Waals surface area contributed by atoms with Crippen LogP contribution in [0.25, 0.3) is 0 Å². The predicted molar refractivity (Wildman–Crippen MR) is 104 cm³/mol. The largest absolute Gasteiger partial charge is 0.490 e. The minimum absolute atomic E-state index is 0.0401. The minimum Gasteiger partial charge on any atom is -0.475 e. The number of aromatic nitrogens is 2. The van der Waals surface area contributed by atoms with Crippen LogP contribution in [0.5, 0.6) is 0 Å². The lowest BCUT2D eigenvalue weighted by Crippen LogP contribution is -2.46. The maximum atomic E-state index is 13.1. The topological polar surface area (TPSA) is 99.8 Å². The van der Waals surface area contributed by atoms with Crippen LogP contribution >= 0.6 is 0 Å². The fraction of sp³-hybridized carbons (Fsp3) is 0.500. The quantitative estimate of drug-likeness (QED) is 0.690. The summed E-state index contributed by atoms with van der Waals surface area (Å²) in [5, 5.41) is 7.12. The molecule has 8 nitrogen and oxygen atoms in total. The van der Waals surface area contributed by atoms with Crippen molar-refractivity contribution in [3.05, 3.63) is 41.9 Å². The zero-order chi connectivity index (χ0) is 23.5. The Morgan fingerprint density at radius 3 is 2.38 bits per heavy atom. The number of furan rings is 1. The van der Waals surface area contributed by atoms with Gasteiger partial charge in [0.15, 0.2) is 5.82 Å². The molecule has 2 aromatic rings. The highest BCUT2D eigenvalue weighted by molar-refractivity contribution is 5.95. The van der Waals surface area contributed by atoms with E-state index in [0.29, 0.717) is 17.3 Å². The number of alkyl halides is 3. The summed E-state index contributed by atoms with van der Waals surface area (Å²) in [6.07, 6.45) is 1.95. The maximum absolute atomic E-state index is 13.1. The molecule has 2 fully saturated rings. The van der Waals surface area contributed by atoms with Crippen molar-refractivity contribution in [2.45, 2.75) is 32.4 Å². The molecule has 4 rings (SSSR count). The standard InChI is InChI=1S/C18H21FN4O2.C2HF3O2/c1-13-15(3-8-25-13)16(24)22-7-5-18(11-22)4-2-6-23(12-18)17-20-9-14(19)10-21-17;3-2(4,5)1(6)7/h3,8-10H,2,4-7,11-12H2,1H3;(H,6,7). The molecule has 2 aromatic heterocycles. The van der Waals surface area contributed by atoms with Crippen molar-refractivity contribution in [3.8, 4) is 0 Å². The van der Waals surface area contributed by atoms with E-state index in [-0.39, 0.29) is 11.3 Å². The number of carboxylic acids is 1. The first-order valence-corrected chi connectivity index (χ1v) is 9.87. The molecule has 0 bridgehead atoms. The van der Waals surface area contributed by atoms with Gasteiger partial charge >= 0.3 is 12.1 Å². The summed E-state index contributed by atoms with van der Waals surface area (Å²) in [5.41, 5.74) is 0.704. The van der Waals surface area contributed by atoms with Gasteiger partial charge in [-0.1, -0.05) is 0 Å². The Morgan fingerprint density at radius 2 is 1.81 bits per heavy atom. The lowest BCUT2D eigenvalue weighted by atomic mass is 9.79. The van der Waals surface area contributed by atoms with Crippen LogP contribution in [0.2, 0.25) is 0 Å². The third-order valence-corrected chi connectivity index (χ3v) is 5.61. The highest BCUT2D eigenvalue weighted by atomic mass is 19.4. The minimum atomic E-state index is -5.08. The number of carboxylic acid groups (broad SMARTS) is 1. The number of piperidine rings is 1. The molecule has 4 heterocycles. The van der Waals surface area contributed by atoms with Gasteiger partial charge in [0, 0.05) is 31.6 Å². The summed E-state index contributed by atoms with van der Waals surface area (Å²) in [7, 11) is 0. The molecule has 1 amide bonds. The smallest absolute Gasteiger partial charge is 0.475 e. The second-order valence-electron chi connectivity index (χ2n) is 7.90. The number of carbonyl (C=O) groups is 2. The molecule has 32 heavy (non-hydrogen) atoms. The first-order chi connectivity index (χ1) is 15.0. The number of hydrogen-bond acceptors (Lipinski definition) is 6. The summed E-state index contributed by atoms with van der Waals surface area (Å²) >= 11 is 0. The van der Waals surface area contributed by atoms with Crippen LogP contribution in [-0.4, -0.2) is 64.2 Å². The number of halogens is 4. The molecule has 12 heteroatoms. The Morgan fingerprint density at radius 1 is 1.16 bits per heavy atom. The van der Waals surface area contributed by atoms with E-state index in [0.717, 1.165) is 45.4 Å². The Labute approximate surface area is 180 Å². The molecule has 1 unspecified atom stereocenters. The second-order valence-corrected chi connectivity index (χ2v) is 7.90. The molecule has 1 spiro atoms. The number of rotatable bonds is 2. The molecule has 2 aliphatic heterocycles. The van der Waals surface area contributed by atoms with Crippen LogP contribution in [-0.2, 0) is 4.79 Å². The van der Waals surface area contributed by atoms with E-state index in [9.17, 15) is 22.4 Å². The number of aliphatic carboxylic acids is 1. The Balaban J connectivity index is 0.000000360. The SMILES string of the molecule is Cc1occc1C(=O)N1CCC2(CCCN(c3ncc(F)cn3)C2)C1.O=C(O)C(F)(F)F. The van der Waals surface area contributed by atoms with E-state index < -0.39 is 18.0 Å². The summed E-state index contributed by atoms with van der Waals surface area (Å²) in [6.45, 7) is 4.96. The summed E-state index contributed by atoms with van der Waals surface area (Å²) in [5.74, 6) is -1.92. The van der Waals surface area contributed by atoms with E-state index in [1.807, 2.05) is 11.8 Å². The van der Waals surface area contributed by atoms with E-state index >= 15 is 0 Å². The number of nitrogens with zero attached hydrogens (tertiary/aromatic N) is 4. The molecule has 1 atom stereocenters. The van der Waals surface area contributed by atoms with Crippen LogP contribution < -0.4 is 4.90 Å². The van der Waals surface area contributed by atoms with Crippen molar-refractivity contribution in [2.24, 2.45) is 5.41 Å². The summed E-state index contributed by atoms with van der Waals surface area (Å²) in [6, 6.07) is 1.74. The first kappa shape index (κ1) is 23.5. The molecule has 0 aliphatic carbocycles. The van der Waals surface area contributed by atoms with Crippen molar-refractivity contribution in [1.29, 1.82) is 0 Å². The highest BCUT2D eigenvalue weighted by Gasteiger charge is 2.43. The number of aryl methyl sites for hydroxylation is 1. The zero-order valence-electron chi connectivity index (χ0n) is 17.2. The average molecular weight is 458 g/mol. The average Bonchev–Trinajstić information content (AvgIpc) is 3.34. The lowest BCUT2D eigenvalue weighted by Gasteiger charge is -2.40. The fourth-order valence-electron chi connectivity index (χ4n) is 4.07. The number of likely N-dealkylation sites (tertiary alicyclic amines) is 1. The van der Waals surface area contributed by atoms with Crippen LogP contribution in [0.15, 0.2) is 29.1 Å². The summed E-state index contributed by atoms with van der Waals surface area (Å²) in [4.78, 5) is 33.9. The van der Waals surface area contributed by atoms with Crippen molar-refractivity contribution in [1.82, 2.24) is 14.9 Å². The van der Waals surface area contributed by atoms with Crippen molar-refractivity contribution >= 4 is 17.8 Å². The molecular weight excluding hydrogens is 436 g/mol. The Kier molecular flexibility index (Phi) is 6.70. The van der Waals surface area contributed by atoms with Crippen molar-refractivity contribution < 1.29 is 36.7 Å². The molecule has 0 saturated carbocycles. The third kappa shape index (κ3) is 5.35. The van der Waals surface area contributed by atoms with Gasteiger partial charge in [-0.05, 0) is 32.3 Å². The molecule has 1 N–H and O–H groups in total. The highest BCUT2D eigenvalue weighted by Crippen LogP contribution is 2.40. The first-order valence-electron chi connectivity index (χ1n) is 9.87. The van der Waals surface area contributed by atoms with Crippen LogP contribution in [0.3, 0.4) is 0 Å². The van der Waals surface area contributed by atoms with Gasteiger partial charge in [0.25, 0.3) is 5.91 Å². The van der Waals surface area contributed by atoms with Crippen molar-refractivity contribution in [3.63, 3.8) is 0 Å². The number of amides is 1. The number of carbonyl (C=O) groups excluding carboxylic acids is 1. The molecule has 2 saturated heterocycles. The Hall–Kier alpha value is -3.18. The second kappa shape index (κ2) is 9.13. The molecule has 0 radical (unpaired) electrons. The van der Waals surface area contributed by atoms with E-state index in [2.05, 4.69) is 14.9 Å². The summed E-state index contributed by atoms with van der Waals surface area (Å²) < 4.78 is 50.1. The molecular formula is C20H22F4N4O4. The van der Waals surface area contributed by atoms with Crippen LogP contribution in [0, 0.1) is 18.2 Å². The third-order valence-electron chi connectivity index (χ3n) is 5.61. The number of anilines is 1. The van der Waals surface area contributed by atoms with Crippen molar-refractivity contribution in [2.75, 3.05) is 31.1 Å². The van der Waals surface area contributed by atoms with E-state index in [1.54, 1.807) is 12.3 Å². The predicted octanol–water partition coefficient (Wildman–Crippen LogP) is 3.28. The van der Waals surface area contributed by atoms with Gasteiger partial charge in [-0.25, -0.2) is 19.2 Å². The number of hydrogen-bond donors (Lipinski definition) is 1. The maximum Gasteiger partial charge on any atom is 0.490 e. The van der Waals surface area contributed by atoms with Gasteiger partial charge < -0.3 is 19.3 Å². The normalized spacial score (nSPS) is 20.8. The van der Waals surface area contributed by atoms with Gasteiger partial charge in [-0.3, -0.25) is 4.79 Å². The van der Waals surface area contributed by atoms with Gasteiger partial charge in [0.05, 0.1) is 24.2 Å².